The summed E-state index contributed by atoms with van der Waals surface area (Å²) in [7, 11) is 1.34. The summed E-state index contributed by atoms with van der Waals surface area (Å²) < 4.78 is 5.59. The Kier molecular flexibility index (Phi) is 7.69. The number of ether oxygens (including phenoxy) is 1. The number of esters is 1. The Labute approximate surface area is 131 Å². The van der Waals surface area contributed by atoms with Crippen LogP contribution in [0.2, 0.25) is 0 Å². The molecule has 1 amide bonds. The highest BCUT2D eigenvalue weighted by Crippen LogP contribution is 2.21. The Bertz CT molecular complexity index is 450. The van der Waals surface area contributed by atoms with E-state index in [9.17, 15) is 9.59 Å². The van der Waals surface area contributed by atoms with Gasteiger partial charge >= 0.3 is 5.97 Å². The molecule has 0 fully saturated rings. The Morgan fingerprint density at radius 3 is 2.60 bits per heavy atom. The highest BCUT2D eigenvalue weighted by atomic mass is 79.9. The van der Waals surface area contributed by atoms with Gasteiger partial charge in [0.05, 0.1) is 13.5 Å². The molecule has 0 bridgehead atoms. The summed E-state index contributed by atoms with van der Waals surface area (Å²) in [4.78, 5) is 23.9. The number of thioether (sulfide) groups is 1. The maximum atomic E-state index is 11.7. The molecular formula is C14H18BrNO3S. The van der Waals surface area contributed by atoms with Crippen molar-refractivity contribution in [2.24, 2.45) is 0 Å². The third-order valence-electron chi connectivity index (χ3n) is 2.52. The Morgan fingerprint density at radius 2 is 2.00 bits per heavy atom. The lowest BCUT2D eigenvalue weighted by Gasteiger charge is -2.12. The van der Waals surface area contributed by atoms with E-state index in [1.807, 2.05) is 24.3 Å². The van der Waals surface area contributed by atoms with Crippen molar-refractivity contribution in [2.75, 3.05) is 12.9 Å². The average molecular weight is 360 g/mol. The summed E-state index contributed by atoms with van der Waals surface area (Å²) in [5, 5.41) is 2.78. The third-order valence-corrected chi connectivity index (χ3v) is 4.06. The van der Waals surface area contributed by atoms with Crippen LogP contribution in [0, 0.1) is 0 Å². The van der Waals surface area contributed by atoms with Crippen LogP contribution in [0.15, 0.2) is 33.6 Å². The molecule has 20 heavy (non-hydrogen) atoms. The van der Waals surface area contributed by atoms with Gasteiger partial charge in [0, 0.05) is 27.6 Å². The standard InChI is InChI=1S/C14H18BrNO3S/c1-10(9-14(18)19-2)16-13(17)7-8-20-12-5-3-11(15)4-6-12/h3-6,10H,7-9H2,1-2H3,(H,16,17). The van der Waals surface area contributed by atoms with Crippen molar-refractivity contribution in [3.63, 3.8) is 0 Å². The second kappa shape index (κ2) is 9.02. The van der Waals surface area contributed by atoms with E-state index in [0.29, 0.717) is 12.2 Å². The zero-order valence-corrected chi connectivity index (χ0v) is 13.9. The summed E-state index contributed by atoms with van der Waals surface area (Å²) in [6.45, 7) is 1.79. The number of carbonyl (C=O) groups excluding carboxylic acids is 2. The number of nitrogens with one attached hydrogen (secondary N) is 1. The molecule has 6 heteroatoms. The lowest BCUT2D eigenvalue weighted by Crippen LogP contribution is -2.34. The molecule has 0 saturated heterocycles. The normalized spacial score (nSPS) is 11.8. The molecule has 1 unspecified atom stereocenters. The first kappa shape index (κ1) is 17.0. The summed E-state index contributed by atoms with van der Waals surface area (Å²) >= 11 is 5.01. The first-order chi connectivity index (χ1) is 9.51. The maximum absolute atomic E-state index is 11.7. The minimum absolute atomic E-state index is 0.0500. The summed E-state index contributed by atoms with van der Waals surface area (Å²) in [6, 6.07) is 7.76. The topological polar surface area (TPSA) is 55.4 Å². The van der Waals surface area contributed by atoms with Crippen LogP contribution < -0.4 is 5.32 Å². The van der Waals surface area contributed by atoms with E-state index in [0.717, 1.165) is 9.37 Å². The van der Waals surface area contributed by atoms with Crippen molar-refractivity contribution in [1.29, 1.82) is 0 Å². The largest absolute Gasteiger partial charge is 0.469 e. The van der Waals surface area contributed by atoms with E-state index in [-0.39, 0.29) is 24.3 Å². The first-order valence-corrected chi connectivity index (χ1v) is 8.03. The summed E-state index contributed by atoms with van der Waals surface area (Å²) in [6.07, 6.45) is 0.619. The maximum Gasteiger partial charge on any atom is 0.307 e. The van der Waals surface area contributed by atoms with Gasteiger partial charge in [0.2, 0.25) is 5.91 Å². The molecule has 1 N–H and O–H groups in total. The lowest BCUT2D eigenvalue weighted by atomic mass is 10.2. The molecule has 110 valence electrons. The van der Waals surface area contributed by atoms with Gasteiger partial charge in [-0.2, -0.15) is 0 Å². The number of methoxy groups -OCH3 is 1. The van der Waals surface area contributed by atoms with Crippen LogP contribution in [0.1, 0.15) is 19.8 Å². The molecule has 0 aliphatic carbocycles. The van der Waals surface area contributed by atoms with Crippen molar-refractivity contribution in [3.05, 3.63) is 28.7 Å². The van der Waals surface area contributed by atoms with Crippen LogP contribution >= 0.6 is 27.7 Å². The molecule has 0 aromatic heterocycles. The highest BCUT2D eigenvalue weighted by molar-refractivity contribution is 9.10. The number of rotatable bonds is 7. The van der Waals surface area contributed by atoms with Crippen LogP contribution in [0.25, 0.3) is 0 Å². The molecule has 0 aliphatic heterocycles. The van der Waals surface area contributed by atoms with Crippen molar-refractivity contribution >= 4 is 39.6 Å². The van der Waals surface area contributed by atoms with Crippen LogP contribution in [0.4, 0.5) is 0 Å². The second-order valence-electron chi connectivity index (χ2n) is 4.30. The molecule has 0 radical (unpaired) electrons. The fourth-order valence-electron chi connectivity index (χ4n) is 1.52. The van der Waals surface area contributed by atoms with Crippen molar-refractivity contribution < 1.29 is 14.3 Å². The van der Waals surface area contributed by atoms with Gasteiger partial charge in [0.1, 0.15) is 0 Å². The van der Waals surface area contributed by atoms with Gasteiger partial charge in [-0.3, -0.25) is 9.59 Å². The fraction of sp³-hybridized carbons (Fsp3) is 0.429. The minimum atomic E-state index is -0.318. The van der Waals surface area contributed by atoms with Crippen molar-refractivity contribution in [2.45, 2.75) is 30.7 Å². The predicted molar refractivity (Wildman–Crippen MR) is 83.7 cm³/mol. The summed E-state index contributed by atoms with van der Waals surface area (Å²) in [5.74, 6) is 0.339. The zero-order valence-electron chi connectivity index (χ0n) is 11.5. The van der Waals surface area contributed by atoms with Gasteiger partial charge in [0.25, 0.3) is 0 Å². The highest BCUT2D eigenvalue weighted by Gasteiger charge is 2.11. The smallest absolute Gasteiger partial charge is 0.307 e. The van der Waals surface area contributed by atoms with E-state index < -0.39 is 0 Å². The molecule has 1 aromatic carbocycles. The molecule has 0 aliphatic rings. The average Bonchev–Trinajstić information content (AvgIpc) is 2.40. The van der Waals surface area contributed by atoms with E-state index in [2.05, 4.69) is 26.0 Å². The molecule has 4 nitrogen and oxygen atoms in total. The Hall–Kier alpha value is -1.01. The molecule has 1 atom stereocenters. The van der Waals surface area contributed by atoms with E-state index in [1.54, 1.807) is 18.7 Å². The van der Waals surface area contributed by atoms with Gasteiger partial charge < -0.3 is 10.1 Å². The number of amides is 1. The molecule has 0 spiro atoms. The van der Waals surface area contributed by atoms with Gasteiger partial charge in [0.15, 0.2) is 0 Å². The van der Waals surface area contributed by atoms with E-state index in [4.69, 9.17) is 0 Å². The Morgan fingerprint density at radius 1 is 1.35 bits per heavy atom. The number of halogens is 1. The van der Waals surface area contributed by atoms with Gasteiger partial charge in [-0.15, -0.1) is 11.8 Å². The quantitative estimate of drug-likeness (QED) is 0.600. The van der Waals surface area contributed by atoms with Gasteiger partial charge in [-0.25, -0.2) is 0 Å². The van der Waals surface area contributed by atoms with E-state index in [1.165, 1.54) is 7.11 Å². The SMILES string of the molecule is COC(=O)CC(C)NC(=O)CCSc1ccc(Br)cc1. The van der Waals surface area contributed by atoms with E-state index >= 15 is 0 Å². The van der Waals surface area contributed by atoms with Gasteiger partial charge in [-0.1, -0.05) is 15.9 Å². The molecular weight excluding hydrogens is 342 g/mol. The Balaban J connectivity index is 2.23. The van der Waals surface area contributed by atoms with Crippen molar-refractivity contribution in [1.82, 2.24) is 5.32 Å². The number of carbonyl (C=O) groups is 2. The minimum Gasteiger partial charge on any atom is -0.469 e. The van der Waals surface area contributed by atoms with Crippen LogP contribution in [0.3, 0.4) is 0 Å². The third kappa shape index (κ3) is 6.96. The van der Waals surface area contributed by atoms with Gasteiger partial charge in [-0.05, 0) is 31.2 Å². The van der Waals surface area contributed by atoms with Crippen LogP contribution in [-0.2, 0) is 14.3 Å². The fourth-order valence-corrected chi connectivity index (χ4v) is 2.64. The molecule has 0 saturated carbocycles. The van der Waals surface area contributed by atoms with Crippen molar-refractivity contribution in [3.8, 4) is 0 Å². The molecule has 1 aromatic rings. The first-order valence-electron chi connectivity index (χ1n) is 6.26. The monoisotopic (exact) mass is 359 g/mol. The van der Waals surface area contributed by atoms with Crippen LogP contribution in [0.5, 0.6) is 0 Å². The van der Waals surface area contributed by atoms with Crippen LogP contribution in [-0.4, -0.2) is 30.8 Å². The zero-order chi connectivity index (χ0) is 15.0. The molecule has 1 rings (SSSR count). The number of hydrogen-bond donors (Lipinski definition) is 1. The predicted octanol–water partition coefficient (Wildman–Crippen LogP) is 3.00. The number of benzene rings is 1. The molecule has 0 heterocycles. The number of hydrogen-bond acceptors (Lipinski definition) is 4. The lowest BCUT2D eigenvalue weighted by molar-refractivity contribution is -0.141. The summed E-state index contributed by atoms with van der Waals surface area (Å²) in [5.41, 5.74) is 0. The second-order valence-corrected chi connectivity index (χ2v) is 6.39.